The molecule has 0 bridgehead atoms. The third-order valence-electron chi connectivity index (χ3n) is 6.14. The van der Waals surface area contributed by atoms with Crippen LogP contribution in [0.5, 0.6) is 0 Å². The molecule has 33 heavy (non-hydrogen) atoms. The van der Waals surface area contributed by atoms with Gasteiger partial charge in [-0.3, -0.25) is 9.69 Å². The molecule has 2 fully saturated rings. The number of amidine groups is 1. The average molecular weight is 489 g/mol. The number of carbonyl (C=O) groups excluding carboxylic acids is 1. The van der Waals surface area contributed by atoms with Crippen LogP contribution < -0.4 is 0 Å². The Balaban J connectivity index is 1.30. The maximum atomic E-state index is 13.3. The van der Waals surface area contributed by atoms with Crippen molar-refractivity contribution >= 4 is 21.8 Å². The van der Waals surface area contributed by atoms with Gasteiger partial charge in [0.15, 0.2) is 5.84 Å². The second-order valence-corrected chi connectivity index (χ2v) is 10.00. The van der Waals surface area contributed by atoms with Crippen LogP contribution in [-0.2, 0) is 19.6 Å². The Kier molecular flexibility index (Phi) is 6.96. The van der Waals surface area contributed by atoms with E-state index in [9.17, 15) is 26.4 Å². The summed E-state index contributed by atoms with van der Waals surface area (Å²) in [4.78, 5) is 19.2. The predicted molar refractivity (Wildman–Crippen MR) is 114 cm³/mol. The second kappa shape index (κ2) is 9.59. The Morgan fingerprint density at radius 1 is 1.12 bits per heavy atom. The molecule has 3 aliphatic heterocycles. The van der Waals surface area contributed by atoms with E-state index in [1.807, 2.05) is 4.90 Å². The third kappa shape index (κ3) is 5.49. The SMILES string of the molecule is O=C([C@@H]1CCCN1C1=NS(=O)(=O)c2ccccc21)N1CCN(CCCOCC(F)(F)F)CC1. The lowest BCUT2D eigenvalue weighted by Crippen LogP contribution is -2.54. The topological polar surface area (TPSA) is 82.5 Å². The Labute approximate surface area is 191 Å². The Bertz CT molecular complexity index is 1010. The van der Waals surface area contributed by atoms with E-state index in [-0.39, 0.29) is 17.4 Å². The molecule has 1 atom stereocenters. The fourth-order valence-corrected chi connectivity index (χ4v) is 5.77. The minimum Gasteiger partial charge on any atom is -0.372 e. The number of fused-ring (bicyclic) bond motifs is 1. The maximum absolute atomic E-state index is 13.3. The lowest BCUT2D eigenvalue weighted by molar-refractivity contribution is -0.174. The van der Waals surface area contributed by atoms with Crippen molar-refractivity contribution < 1.29 is 31.1 Å². The highest BCUT2D eigenvalue weighted by Gasteiger charge is 2.41. The van der Waals surface area contributed by atoms with E-state index in [0.29, 0.717) is 63.5 Å². The second-order valence-electron chi connectivity index (χ2n) is 8.43. The van der Waals surface area contributed by atoms with Crippen LogP contribution in [0, 0.1) is 0 Å². The van der Waals surface area contributed by atoms with Gasteiger partial charge in [-0.25, -0.2) is 0 Å². The first-order chi connectivity index (χ1) is 15.7. The number of benzene rings is 1. The molecule has 0 aliphatic carbocycles. The van der Waals surface area contributed by atoms with Crippen LogP contribution in [0.15, 0.2) is 33.6 Å². The van der Waals surface area contributed by atoms with E-state index in [0.717, 1.165) is 6.42 Å². The first-order valence-electron chi connectivity index (χ1n) is 11.0. The van der Waals surface area contributed by atoms with Crippen LogP contribution in [0.4, 0.5) is 13.2 Å². The van der Waals surface area contributed by atoms with E-state index in [1.54, 1.807) is 23.1 Å². The lowest BCUT2D eigenvalue weighted by Gasteiger charge is -2.37. The third-order valence-corrected chi connectivity index (χ3v) is 7.46. The molecule has 0 N–H and O–H groups in total. The smallest absolute Gasteiger partial charge is 0.372 e. The van der Waals surface area contributed by atoms with Crippen molar-refractivity contribution in [2.24, 2.45) is 4.40 Å². The van der Waals surface area contributed by atoms with E-state index in [2.05, 4.69) is 14.0 Å². The zero-order valence-electron chi connectivity index (χ0n) is 18.1. The molecule has 2 saturated heterocycles. The van der Waals surface area contributed by atoms with Crippen LogP contribution >= 0.6 is 0 Å². The maximum Gasteiger partial charge on any atom is 0.411 e. The number of hydrogen-bond donors (Lipinski definition) is 0. The summed E-state index contributed by atoms with van der Waals surface area (Å²) in [5.41, 5.74) is 0.537. The van der Waals surface area contributed by atoms with E-state index in [1.165, 1.54) is 6.07 Å². The summed E-state index contributed by atoms with van der Waals surface area (Å²) in [5, 5.41) is 0. The molecule has 0 radical (unpaired) electrons. The van der Waals surface area contributed by atoms with Gasteiger partial charge >= 0.3 is 6.18 Å². The molecule has 12 heteroatoms. The molecular weight excluding hydrogens is 461 g/mol. The summed E-state index contributed by atoms with van der Waals surface area (Å²) in [5.74, 6) is 0.309. The van der Waals surface area contributed by atoms with Crippen molar-refractivity contribution in [3.63, 3.8) is 0 Å². The predicted octanol–water partition coefficient (Wildman–Crippen LogP) is 1.71. The first kappa shape index (κ1) is 24.0. The van der Waals surface area contributed by atoms with Gasteiger partial charge in [0.25, 0.3) is 10.0 Å². The monoisotopic (exact) mass is 488 g/mol. The van der Waals surface area contributed by atoms with Gasteiger partial charge in [-0.15, -0.1) is 4.40 Å². The van der Waals surface area contributed by atoms with Gasteiger partial charge < -0.3 is 14.5 Å². The molecule has 0 spiro atoms. The summed E-state index contributed by atoms with van der Waals surface area (Å²) in [6.07, 6.45) is -2.41. The Morgan fingerprint density at radius 3 is 2.58 bits per heavy atom. The quantitative estimate of drug-likeness (QED) is 0.567. The fraction of sp³-hybridized carbons (Fsp3) is 0.619. The van der Waals surface area contributed by atoms with Crippen LogP contribution in [0.2, 0.25) is 0 Å². The molecular formula is C21H27F3N4O4S. The Hall–Kier alpha value is -2.18. The number of alkyl halides is 3. The molecule has 182 valence electrons. The number of ether oxygens (including phenoxy) is 1. The zero-order chi connectivity index (χ0) is 23.6. The molecule has 4 rings (SSSR count). The number of hydrogen-bond acceptors (Lipinski definition) is 6. The first-order valence-corrected chi connectivity index (χ1v) is 12.5. The van der Waals surface area contributed by atoms with Crippen molar-refractivity contribution in [3.05, 3.63) is 29.8 Å². The molecule has 1 aromatic rings. The number of carbonyl (C=O) groups is 1. The summed E-state index contributed by atoms with van der Waals surface area (Å²) >= 11 is 0. The van der Waals surface area contributed by atoms with Crippen LogP contribution in [0.1, 0.15) is 24.8 Å². The van der Waals surface area contributed by atoms with Crippen molar-refractivity contribution in [2.75, 3.05) is 52.5 Å². The summed E-state index contributed by atoms with van der Waals surface area (Å²) < 4.78 is 69.8. The molecule has 1 aromatic carbocycles. The normalized spacial score (nSPS) is 23.0. The molecule has 0 aromatic heterocycles. The molecule has 0 unspecified atom stereocenters. The number of rotatable bonds is 6. The Morgan fingerprint density at radius 2 is 1.85 bits per heavy atom. The molecule has 3 aliphatic rings. The van der Waals surface area contributed by atoms with Crippen LogP contribution in [0.25, 0.3) is 0 Å². The molecule has 1 amide bonds. The number of nitrogens with zero attached hydrogens (tertiary/aromatic N) is 4. The summed E-state index contributed by atoms with van der Waals surface area (Å²) in [6.45, 7) is 2.30. The van der Waals surface area contributed by atoms with Gasteiger partial charge in [-0.05, 0) is 31.4 Å². The van der Waals surface area contributed by atoms with E-state index < -0.39 is 28.8 Å². The number of amides is 1. The summed E-state index contributed by atoms with van der Waals surface area (Å²) in [6, 6.07) is 6.21. The van der Waals surface area contributed by atoms with E-state index in [4.69, 9.17) is 0 Å². The van der Waals surface area contributed by atoms with Gasteiger partial charge in [0, 0.05) is 51.4 Å². The van der Waals surface area contributed by atoms with Crippen molar-refractivity contribution in [2.45, 2.75) is 36.4 Å². The van der Waals surface area contributed by atoms with Gasteiger partial charge in [0.1, 0.15) is 17.5 Å². The number of sulfonamides is 1. The fourth-order valence-electron chi connectivity index (χ4n) is 4.55. The van der Waals surface area contributed by atoms with Gasteiger partial charge in [0.05, 0.1) is 0 Å². The van der Waals surface area contributed by atoms with Gasteiger partial charge in [-0.2, -0.15) is 21.6 Å². The highest BCUT2D eigenvalue weighted by molar-refractivity contribution is 7.90. The minimum atomic E-state index is -4.31. The number of piperazine rings is 1. The highest BCUT2D eigenvalue weighted by atomic mass is 32.2. The van der Waals surface area contributed by atoms with Crippen molar-refractivity contribution in [1.29, 1.82) is 0 Å². The van der Waals surface area contributed by atoms with E-state index >= 15 is 0 Å². The number of likely N-dealkylation sites (tertiary alicyclic amines) is 1. The zero-order valence-corrected chi connectivity index (χ0v) is 18.9. The summed E-state index contributed by atoms with van der Waals surface area (Å²) in [7, 11) is -3.75. The minimum absolute atomic E-state index is 0.0369. The molecule has 8 nitrogen and oxygen atoms in total. The largest absolute Gasteiger partial charge is 0.411 e. The van der Waals surface area contributed by atoms with Crippen LogP contribution in [0.3, 0.4) is 0 Å². The van der Waals surface area contributed by atoms with Gasteiger partial charge in [-0.1, -0.05) is 12.1 Å². The van der Waals surface area contributed by atoms with Crippen molar-refractivity contribution in [1.82, 2.24) is 14.7 Å². The standard InChI is InChI=1S/C21H27F3N4O4S/c22-21(23,24)15-32-14-4-8-26-10-12-27(13-11-26)20(29)17-6-3-9-28(17)19-16-5-1-2-7-18(16)33(30,31)25-19/h1-2,5,7,17H,3-4,6,8-15H2/t17-/m0/s1. The van der Waals surface area contributed by atoms with Crippen molar-refractivity contribution in [3.8, 4) is 0 Å². The lowest BCUT2D eigenvalue weighted by atomic mass is 10.1. The molecule has 3 heterocycles. The number of halogens is 3. The average Bonchev–Trinajstić information content (AvgIpc) is 3.35. The van der Waals surface area contributed by atoms with Gasteiger partial charge in [0.2, 0.25) is 5.91 Å². The van der Waals surface area contributed by atoms with Crippen LogP contribution in [-0.4, -0.2) is 99.6 Å². The molecule has 0 saturated carbocycles. The highest BCUT2D eigenvalue weighted by Crippen LogP contribution is 2.31.